The minimum Gasteiger partial charge on any atom is -0.460 e. The zero-order valence-corrected chi connectivity index (χ0v) is 12.9. The largest absolute Gasteiger partial charge is 0.509 e. The van der Waals surface area contributed by atoms with Crippen molar-refractivity contribution in [2.75, 3.05) is 19.3 Å². The normalized spacial score (nSPS) is 19.7. The van der Waals surface area contributed by atoms with E-state index in [2.05, 4.69) is 0 Å². The second kappa shape index (κ2) is 6.99. The van der Waals surface area contributed by atoms with Gasteiger partial charge in [-0.25, -0.2) is 9.59 Å². The molecule has 0 aromatic carbocycles. The minimum atomic E-state index is -2.32. The molecule has 7 nitrogen and oxygen atoms in total. The van der Waals surface area contributed by atoms with E-state index >= 15 is 0 Å². The fraction of sp³-hybridized carbons (Fsp3) is 0.833. The van der Waals surface area contributed by atoms with E-state index in [1.165, 1.54) is 4.90 Å². The van der Waals surface area contributed by atoms with E-state index in [1.54, 1.807) is 20.8 Å². The van der Waals surface area contributed by atoms with Crippen LogP contribution in [0, 0.1) is 0 Å². The lowest BCUT2D eigenvalue weighted by Crippen LogP contribution is -2.44. The third-order valence-corrected chi connectivity index (χ3v) is 3.24. The Kier molecular flexibility index (Phi) is 5.89. The van der Waals surface area contributed by atoms with Gasteiger partial charge in [-0.1, -0.05) is 0 Å². The van der Waals surface area contributed by atoms with Crippen molar-refractivity contribution in [1.29, 1.82) is 0 Å². The van der Waals surface area contributed by atoms with Gasteiger partial charge in [-0.3, -0.25) is 4.90 Å². The van der Waals surface area contributed by atoms with E-state index in [-0.39, 0.29) is 12.8 Å². The maximum atomic E-state index is 12.0. The van der Waals surface area contributed by atoms with Gasteiger partial charge in [0.1, 0.15) is 18.2 Å². The number of amides is 1. The van der Waals surface area contributed by atoms with Crippen LogP contribution >= 0.6 is 8.03 Å². The van der Waals surface area contributed by atoms with Crippen LogP contribution in [0.1, 0.15) is 33.6 Å². The molecule has 1 fully saturated rings. The van der Waals surface area contributed by atoms with Crippen molar-refractivity contribution in [2.45, 2.75) is 45.3 Å². The molecule has 20 heavy (non-hydrogen) atoms. The fourth-order valence-electron chi connectivity index (χ4n) is 1.87. The second-order valence-corrected chi connectivity index (χ2v) is 6.73. The Morgan fingerprint density at radius 1 is 1.40 bits per heavy atom. The van der Waals surface area contributed by atoms with Crippen molar-refractivity contribution in [3.05, 3.63) is 0 Å². The van der Waals surface area contributed by atoms with Gasteiger partial charge in [-0.15, -0.1) is 0 Å². The summed E-state index contributed by atoms with van der Waals surface area (Å²) in [5.41, 5.74) is -0.622. The SMILES string of the molecule is CC(C)(C)OC(=O)N1CCCC1C(=O)OCC[P+](=O)O. The van der Waals surface area contributed by atoms with Gasteiger partial charge in [0.15, 0.2) is 0 Å². The number of hydrogen-bond donors (Lipinski definition) is 1. The van der Waals surface area contributed by atoms with Crippen LogP contribution in [0.2, 0.25) is 0 Å². The molecule has 8 heteroatoms. The van der Waals surface area contributed by atoms with Gasteiger partial charge in [0.25, 0.3) is 0 Å². The number of rotatable bonds is 4. The summed E-state index contributed by atoms with van der Waals surface area (Å²) in [6.07, 6.45) is 0.585. The zero-order chi connectivity index (χ0) is 15.3. The van der Waals surface area contributed by atoms with E-state index in [1.807, 2.05) is 0 Å². The van der Waals surface area contributed by atoms with Crippen molar-refractivity contribution >= 4 is 20.1 Å². The molecule has 0 spiro atoms. The molecule has 0 radical (unpaired) electrons. The summed E-state index contributed by atoms with van der Waals surface area (Å²) in [4.78, 5) is 33.8. The predicted octanol–water partition coefficient (Wildman–Crippen LogP) is 1.66. The molecule has 0 aliphatic carbocycles. The van der Waals surface area contributed by atoms with Crippen molar-refractivity contribution < 1.29 is 28.5 Å². The van der Waals surface area contributed by atoms with Crippen LogP contribution in [0.15, 0.2) is 0 Å². The lowest BCUT2D eigenvalue weighted by molar-refractivity contribution is -0.148. The third kappa shape index (κ3) is 5.43. The summed E-state index contributed by atoms with van der Waals surface area (Å²) in [5, 5.41) is 0. The summed E-state index contributed by atoms with van der Waals surface area (Å²) in [7, 11) is -2.32. The van der Waals surface area contributed by atoms with Crippen LogP contribution < -0.4 is 0 Å². The highest BCUT2D eigenvalue weighted by molar-refractivity contribution is 7.38. The quantitative estimate of drug-likeness (QED) is 0.627. The Morgan fingerprint density at radius 3 is 2.60 bits per heavy atom. The molecule has 1 rings (SSSR count). The summed E-state index contributed by atoms with van der Waals surface area (Å²) in [6.45, 7) is 5.59. The van der Waals surface area contributed by atoms with Gasteiger partial charge in [0, 0.05) is 6.54 Å². The molecule has 1 N–H and O–H groups in total. The van der Waals surface area contributed by atoms with Gasteiger partial charge >= 0.3 is 20.1 Å². The van der Waals surface area contributed by atoms with E-state index in [0.717, 1.165) is 0 Å². The number of likely N-dealkylation sites (tertiary alicyclic amines) is 1. The average Bonchev–Trinajstić information content (AvgIpc) is 2.74. The molecule has 2 unspecified atom stereocenters. The first kappa shape index (κ1) is 16.9. The number of ether oxygens (including phenoxy) is 2. The Hall–Kier alpha value is -1.20. The van der Waals surface area contributed by atoms with E-state index in [4.69, 9.17) is 14.4 Å². The summed E-state index contributed by atoms with van der Waals surface area (Å²) >= 11 is 0. The predicted molar refractivity (Wildman–Crippen MR) is 71.6 cm³/mol. The molecule has 0 aromatic heterocycles. The minimum absolute atomic E-state index is 0.0970. The molecule has 2 atom stereocenters. The van der Waals surface area contributed by atoms with Gasteiger partial charge in [-0.2, -0.15) is 4.89 Å². The molecule has 1 aliphatic rings. The van der Waals surface area contributed by atoms with E-state index in [9.17, 15) is 14.2 Å². The standard InChI is InChI=1S/C12H20NO6P/c1-12(2,3)19-11(15)13-6-4-5-9(13)10(14)18-7-8-20(16)17/h9H,4-8H2,1-3H3/p+1. The first-order valence-electron chi connectivity index (χ1n) is 6.50. The molecule has 0 aromatic rings. The first-order chi connectivity index (χ1) is 9.20. The molecule has 114 valence electrons. The van der Waals surface area contributed by atoms with Crippen molar-refractivity contribution in [3.8, 4) is 0 Å². The van der Waals surface area contributed by atoms with Crippen LogP contribution in [0.25, 0.3) is 0 Å². The molecule has 0 bridgehead atoms. The second-order valence-electron chi connectivity index (χ2n) is 5.58. The lowest BCUT2D eigenvalue weighted by atomic mass is 10.2. The molecule has 1 heterocycles. The number of nitrogens with zero attached hydrogens (tertiary/aromatic N) is 1. The number of hydrogen-bond acceptors (Lipinski definition) is 5. The number of esters is 1. The highest BCUT2D eigenvalue weighted by Crippen LogP contribution is 2.22. The van der Waals surface area contributed by atoms with Crippen LogP contribution in [0.5, 0.6) is 0 Å². The smallest absolute Gasteiger partial charge is 0.460 e. The Labute approximate surface area is 119 Å². The van der Waals surface area contributed by atoms with Gasteiger partial charge in [0.2, 0.25) is 6.16 Å². The molecular weight excluding hydrogens is 285 g/mol. The summed E-state index contributed by atoms with van der Waals surface area (Å²) in [5.74, 6) is -0.551. The molecule has 1 saturated heterocycles. The maximum Gasteiger partial charge on any atom is 0.509 e. The van der Waals surface area contributed by atoms with Crippen LogP contribution in [-0.2, 0) is 18.8 Å². The Bertz CT molecular complexity index is 392. The van der Waals surface area contributed by atoms with Crippen LogP contribution in [0.3, 0.4) is 0 Å². The number of carbonyl (C=O) groups is 2. The highest BCUT2D eigenvalue weighted by atomic mass is 31.1. The van der Waals surface area contributed by atoms with Crippen molar-refractivity contribution in [1.82, 2.24) is 4.90 Å². The Balaban J connectivity index is 2.53. The average molecular weight is 306 g/mol. The molecule has 1 aliphatic heterocycles. The third-order valence-electron chi connectivity index (χ3n) is 2.68. The van der Waals surface area contributed by atoms with Crippen LogP contribution in [0.4, 0.5) is 4.79 Å². The monoisotopic (exact) mass is 306 g/mol. The first-order valence-corrected chi connectivity index (χ1v) is 7.90. The summed E-state index contributed by atoms with van der Waals surface area (Å²) in [6, 6.07) is -0.665. The molecule has 1 amide bonds. The van der Waals surface area contributed by atoms with Crippen LogP contribution in [-0.4, -0.2) is 52.8 Å². The number of carbonyl (C=O) groups excluding carboxylic acids is 2. The van der Waals surface area contributed by atoms with Crippen molar-refractivity contribution in [2.24, 2.45) is 0 Å². The fourth-order valence-corrected chi connectivity index (χ4v) is 2.12. The molecule has 0 saturated carbocycles. The van der Waals surface area contributed by atoms with E-state index in [0.29, 0.717) is 19.4 Å². The topological polar surface area (TPSA) is 93.1 Å². The van der Waals surface area contributed by atoms with Gasteiger partial charge in [0.05, 0.1) is 0 Å². The lowest BCUT2D eigenvalue weighted by Gasteiger charge is -2.27. The van der Waals surface area contributed by atoms with Gasteiger partial charge in [-0.05, 0) is 38.2 Å². The van der Waals surface area contributed by atoms with Gasteiger partial charge < -0.3 is 9.47 Å². The van der Waals surface area contributed by atoms with E-state index < -0.39 is 31.7 Å². The Morgan fingerprint density at radius 2 is 2.05 bits per heavy atom. The summed E-state index contributed by atoms with van der Waals surface area (Å²) < 4.78 is 20.7. The maximum absolute atomic E-state index is 12.0. The van der Waals surface area contributed by atoms with Crippen molar-refractivity contribution in [3.63, 3.8) is 0 Å². The molecular formula is C12H21NO6P+. The highest BCUT2D eigenvalue weighted by Gasteiger charge is 2.37. The zero-order valence-electron chi connectivity index (χ0n) is 12.0.